The third kappa shape index (κ3) is 5.81. The van der Waals surface area contributed by atoms with Gasteiger partial charge >= 0.3 is 6.01 Å². The number of likely N-dealkylation sites (tertiary alicyclic amines) is 2. The second-order valence-corrected chi connectivity index (χ2v) is 13.2. The fourth-order valence-electron chi connectivity index (χ4n) is 6.97. The normalized spacial score (nSPS) is 21.2. The minimum atomic E-state index is -0.684. The van der Waals surface area contributed by atoms with Gasteiger partial charge in [-0.25, -0.2) is 8.78 Å². The van der Waals surface area contributed by atoms with Gasteiger partial charge in [0.25, 0.3) is 0 Å². The van der Waals surface area contributed by atoms with Crippen molar-refractivity contribution in [3.63, 3.8) is 0 Å². The van der Waals surface area contributed by atoms with Crippen LogP contribution in [0.3, 0.4) is 0 Å². The Labute approximate surface area is 281 Å². The Kier molecular flexibility index (Phi) is 9.48. The molecule has 252 valence electrons. The van der Waals surface area contributed by atoms with E-state index in [0.29, 0.717) is 29.7 Å². The minimum Gasteiger partial charge on any atom is -0.462 e. The number of likely N-dealkylation sites (N-methyl/N-ethyl adjacent to an activating group) is 2. The zero-order chi connectivity index (χ0) is 34.3. The average molecular weight is 678 g/mol. The first-order valence-corrected chi connectivity index (χ1v) is 16.3. The van der Waals surface area contributed by atoms with Gasteiger partial charge in [0.05, 0.1) is 35.1 Å². The van der Waals surface area contributed by atoms with Crippen LogP contribution in [0.4, 0.5) is 19.6 Å². The average Bonchev–Trinajstić information content (AvgIpc) is 3.78. The molecule has 4 atom stereocenters. The van der Waals surface area contributed by atoms with E-state index in [1.165, 1.54) is 18.2 Å². The number of benzene rings is 2. The topological polar surface area (TPSA) is 130 Å². The Morgan fingerprint density at radius 2 is 2.00 bits per heavy atom. The lowest BCUT2D eigenvalue weighted by molar-refractivity contribution is -0.127. The van der Waals surface area contributed by atoms with Crippen LogP contribution in [0.1, 0.15) is 18.4 Å². The Morgan fingerprint density at radius 1 is 1.23 bits per heavy atom. The predicted octanol–water partition coefficient (Wildman–Crippen LogP) is 4.58. The van der Waals surface area contributed by atoms with Crippen molar-refractivity contribution in [2.24, 2.45) is 0 Å². The molecule has 6 rings (SSSR count). The standard InChI is InChI=1S/C34H37F2N7O4S/c1-6-27(44)43-12-11-25(26(43)17-45-4)42(3)33-22-8-7-21(20-9-10-24(35)31-28(20)23(14-37)32(38)48-31)29(36)30(22)39-34(40-33)47-16-18-13-19(46-5)15-41(18)2/h6-10,18-19,25-26H,1,11-13,15-17,38H2,2-5H3/t18-,19+,25+,26+/m0/s1. The predicted molar refractivity (Wildman–Crippen MR) is 181 cm³/mol. The molecule has 2 saturated heterocycles. The molecule has 2 aliphatic rings. The summed E-state index contributed by atoms with van der Waals surface area (Å²) in [5, 5.41) is 10.7. The van der Waals surface area contributed by atoms with Gasteiger partial charge in [0.1, 0.15) is 34.8 Å². The number of nitriles is 1. The van der Waals surface area contributed by atoms with E-state index in [1.807, 2.05) is 25.1 Å². The minimum absolute atomic E-state index is 0.00612. The maximum absolute atomic E-state index is 16.9. The van der Waals surface area contributed by atoms with E-state index >= 15 is 4.39 Å². The molecule has 2 aliphatic heterocycles. The SMILES string of the molecule is C=CC(=O)N1CC[C@@H](N(C)c2nc(OC[C@@H]3C[C@@H](OC)CN3C)nc3c(F)c(-c4ccc(F)c5sc(N)c(C#N)c45)ccc23)[C@H]1COC. The van der Waals surface area contributed by atoms with Gasteiger partial charge in [-0.15, -0.1) is 11.3 Å². The number of rotatable bonds is 10. The molecule has 0 unspecified atom stereocenters. The third-order valence-corrected chi connectivity index (χ3v) is 10.5. The Balaban J connectivity index is 1.48. The van der Waals surface area contributed by atoms with Crippen molar-refractivity contribution in [3.8, 4) is 23.2 Å². The van der Waals surface area contributed by atoms with Crippen molar-refractivity contribution in [1.29, 1.82) is 5.26 Å². The fraction of sp³-hybridized carbons (Fsp3) is 0.412. The summed E-state index contributed by atoms with van der Waals surface area (Å²) >= 11 is 0.948. The zero-order valence-electron chi connectivity index (χ0n) is 27.2. The summed E-state index contributed by atoms with van der Waals surface area (Å²) in [5.74, 6) is -1.02. The molecular formula is C34H37F2N7O4S. The molecule has 0 spiro atoms. The molecule has 2 N–H and O–H groups in total. The number of carbonyl (C=O) groups is 1. The van der Waals surface area contributed by atoms with Crippen LogP contribution in [0.25, 0.3) is 32.1 Å². The van der Waals surface area contributed by atoms with Crippen molar-refractivity contribution in [2.45, 2.75) is 37.1 Å². The lowest BCUT2D eigenvalue weighted by Gasteiger charge is -2.33. The number of hydrogen-bond donors (Lipinski definition) is 1. The molecule has 4 aromatic rings. The van der Waals surface area contributed by atoms with Crippen LogP contribution in [0, 0.1) is 23.0 Å². The molecule has 0 bridgehead atoms. The summed E-state index contributed by atoms with van der Waals surface area (Å²) in [4.78, 5) is 27.8. The highest BCUT2D eigenvalue weighted by Crippen LogP contribution is 2.43. The van der Waals surface area contributed by atoms with E-state index in [1.54, 1.807) is 31.3 Å². The van der Waals surface area contributed by atoms with Crippen LogP contribution < -0.4 is 15.4 Å². The van der Waals surface area contributed by atoms with E-state index in [2.05, 4.69) is 16.5 Å². The first kappa shape index (κ1) is 33.5. The second kappa shape index (κ2) is 13.6. The van der Waals surface area contributed by atoms with Crippen LogP contribution in [0.15, 0.2) is 36.9 Å². The number of aromatic nitrogens is 2. The molecule has 0 saturated carbocycles. The molecule has 2 aromatic heterocycles. The van der Waals surface area contributed by atoms with Crippen molar-refractivity contribution in [3.05, 3.63) is 54.1 Å². The van der Waals surface area contributed by atoms with Gasteiger partial charge < -0.3 is 29.7 Å². The molecule has 48 heavy (non-hydrogen) atoms. The zero-order valence-corrected chi connectivity index (χ0v) is 28.0. The molecule has 0 radical (unpaired) electrons. The molecular weight excluding hydrogens is 640 g/mol. The number of amides is 1. The lowest BCUT2D eigenvalue weighted by atomic mass is 9.97. The van der Waals surface area contributed by atoms with Gasteiger partial charge in [0.2, 0.25) is 5.91 Å². The van der Waals surface area contributed by atoms with E-state index < -0.39 is 11.6 Å². The van der Waals surface area contributed by atoms with Gasteiger partial charge in [-0.3, -0.25) is 9.69 Å². The summed E-state index contributed by atoms with van der Waals surface area (Å²) in [6, 6.07) is 7.49. The molecule has 4 heterocycles. The summed E-state index contributed by atoms with van der Waals surface area (Å²) in [6.45, 7) is 5.41. The van der Waals surface area contributed by atoms with Crippen LogP contribution >= 0.6 is 11.3 Å². The van der Waals surface area contributed by atoms with Crippen molar-refractivity contribution in [2.75, 3.05) is 65.3 Å². The van der Waals surface area contributed by atoms with Crippen LogP contribution in [0.2, 0.25) is 0 Å². The highest BCUT2D eigenvalue weighted by atomic mass is 32.1. The van der Waals surface area contributed by atoms with Crippen LogP contribution in [-0.4, -0.2) is 105 Å². The number of methoxy groups -OCH3 is 2. The van der Waals surface area contributed by atoms with Gasteiger partial charge in [0, 0.05) is 56.7 Å². The van der Waals surface area contributed by atoms with Gasteiger partial charge in [0.15, 0.2) is 5.82 Å². The number of carbonyl (C=O) groups excluding carboxylic acids is 1. The molecule has 14 heteroatoms. The van der Waals surface area contributed by atoms with Gasteiger partial charge in [-0.05, 0) is 43.7 Å². The number of nitrogens with two attached hydrogens (primary N) is 1. The Bertz CT molecular complexity index is 1930. The maximum atomic E-state index is 16.9. The van der Waals surface area contributed by atoms with Gasteiger partial charge in [-0.1, -0.05) is 18.7 Å². The summed E-state index contributed by atoms with van der Waals surface area (Å²) < 4.78 is 49.1. The second-order valence-electron chi connectivity index (χ2n) is 12.1. The Morgan fingerprint density at radius 3 is 2.69 bits per heavy atom. The first-order chi connectivity index (χ1) is 23.1. The fourth-order valence-corrected chi connectivity index (χ4v) is 7.92. The van der Waals surface area contributed by atoms with Crippen molar-refractivity contribution in [1.82, 2.24) is 19.8 Å². The third-order valence-electron chi connectivity index (χ3n) is 9.51. The summed E-state index contributed by atoms with van der Waals surface area (Å²) in [6.07, 6.45) is 2.72. The quantitative estimate of drug-likeness (QED) is 0.238. The van der Waals surface area contributed by atoms with Crippen LogP contribution in [0.5, 0.6) is 6.01 Å². The van der Waals surface area contributed by atoms with E-state index in [0.717, 1.165) is 24.3 Å². The number of nitrogen functional groups attached to an aromatic ring is 1. The molecule has 11 nitrogen and oxygen atoms in total. The lowest BCUT2D eigenvalue weighted by Crippen LogP contribution is -2.48. The molecule has 1 amide bonds. The van der Waals surface area contributed by atoms with E-state index in [9.17, 15) is 14.4 Å². The van der Waals surface area contributed by atoms with E-state index in [4.69, 9.17) is 24.9 Å². The Hall–Kier alpha value is -4.42. The number of thiophene rings is 1. The largest absolute Gasteiger partial charge is 0.462 e. The van der Waals surface area contributed by atoms with Crippen molar-refractivity contribution < 1.29 is 27.8 Å². The summed E-state index contributed by atoms with van der Waals surface area (Å²) in [5.41, 5.74) is 6.60. The number of nitrogens with zero attached hydrogens (tertiary/aromatic N) is 6. The molecule has 0 aliphatic carbocycles. The number of ether oxygens (including phenoxy) is 3. The number of hydrogen-bond acceptors (Lipinski definition) is 11. The highest BCUT2D eigenvalue weighted by Gasteiger charge is 2.40. The van der Waals surface area contributed by atoms with Crippen LogP contribution in [-0.2, 0) is 14.3 Å². The highest BCUT2D eigenvalue weighted by molar-refractivity contribution is 7.23. The van der Waals surface area contributed by atoms with E-state index in [-0.39, 0.29) is 81.1 Å². The number of fused-ring (bicyclic) bond motifs is 2. The number of anilines is 2. The smallest absolute Gasteiger partial charge is 0.319 e. The molecule has 2 aromatic carbocycles. The summed E-state index contributed by atoms with van der Waals surface area (Å²) in [7, 11) is 7.09. The first-order valence-electron chi connectivity index (χ1n) is 15.5. The monoisotopic (exact) mass is 677 g/mol. The van der Waals surface area contributed by atoms with Gasteiger partial charge in [-0.2, -0.15) is 15.2 Å². The molecule has 2 fully saturated rings. The number of halogens is 2. The maximum Gasteiger partial charge on any atom is 0.319 e. The van der Waals surface area contributed by atoms with Crippen molar-refractivity contribution >= 4 is 49.1 Å².